The van der Waals surface area contributed by atoms with Crippen LogP contribution in [0.2, 0.25) is 0 Å². The van der Waals surface area contributed by atoms with Gasteiger partial charge in [-0.3, -0.25) is 9.80 Å². The number of rotatable bonds is 9. The van der Waals surface area contributed by atoms with E-state index in [1.807, 2.05) is 0 Å². The summed E-state index contributed by atoms with van der Waals surface area (Å²) in [6.45, 7) is 29.7. The molecular formula is C26H53N3. The van der Waals surface area contributed by atoms with Crippen LogP contribution in [0.4, 0.5) is 0 Å². The van der Waals surface area contributed by atoms with Crippen LogP contribution in [0.25, 0.3) is 0 Å². The second-order valence-electron chi connectivity index (χ2n) is 12.7. The van der Waals surface area contributed by atoms with Crippen molar-refractivity contribution in [1.82, 2.24) is 14.7 Å². The molecule has 2 unspecified atom stereocenters. The van der Waals surface area contributed by atoms with Gasteiger partial charge in [-0.15, -0.1) is 0 Å². The average Bonchev–Trinajstić information content (AvgIpc) is 3.13. The van der Waals surface area contributed by atoms with Gasteiger partial charge in [0.1, 0.15) is 0 Å². The molecule has 2 rings (SSSR count). The predicted molar refractivity (Wildman–Crippen MR) is 129 cm³/mol. The highest BCUT2D eigenvalue weighted by Gasteiger charge is 2.45. The Kier molecular flexibility index (Phi) is 7.95. The van der Waals surface area contributed by atoms with Gasteiger partial charge < -0.3 is 4.90 Å². The van der Waals surface area contributed by atoms with E-state index in [-0.39, 0.29) is 0 Å². The molecule has 2 heterocycles. The van der Waals surface area contributed by atoms with Gasteiger partial charge in [-0.1, -0.05) is 48.0 Å². The van der Waals surface area contributed by atoms with Gasteiger partial charge in [-0.05, 0) is 76.8 Å². The molecule has 0 saturated carbocycles. The van der Waals surface area contributed by atoms with E-state index in [0.29, 0.717) is 21.9 Å². The maximum atomic E-state index is 2.82. The molecule has 0 radical (unpaired) electrons. The lowest BCUT2D eigenvalue weighted by Gasteiger charge is -2.50. The SMILES string of the molecule is CCC(C)(C)CC(C)(C)N1CCC(C(C)(C)CC(C)(CC)N2CCN(C)CC2)C1. The Hall–Kier alpha value is -0.120. The van der Waals surface area contributed by atoms with Gasteiger partial charge in [0.15, 0.2) is 0 Å². The van der Waals surface area contributed by atoms with E-state index in [9.17, 15) is 0 Å². The Labute approximate surface area is 183 Å². The molecule has 29 heavy (non-hydrogen) atoms. The van der Waals surface area contributed by atoms with Crippen molar-refractivity contribution < 1.29 is 0 Å². The molecule has 2 aliphatic rings. The maximum Gasteiger partial charge on any atom is 0.0185 e. The Morgan fingerprint density at radius 2 is 1.31 bits per heavy atom. The summed E-state index contributed by atoms with van der Waals surface area (Å²) in [5.41, 5.74) is 1.45. The largest absolute Gasteiger partial charge is 0.304 e. The summed E-state index contributed by atoms with van der Waals surface area (Å²) in [7, 11) is 2.26. The monoisotopic (exact) mass is 407 g/mol. The van der Waals surface area contributed by atoms with Crippen molar-refractivity contribution in [3.05, 3.63) is 0 Å². The lowest BCUT2D eigenvalue weighted by atomic mass is 9.69. The fraction of sp³-hybridized carbons (Fsp3) is 1.00. The van der Waals surface area contributed by atoms with Crippen LogP contribution in [0.5, 0.6) is 0 Å². The molecule has 2 aliphatic heterocycles. The summed E-state index contributed by atoms with van der Waals surface area (Å²) in [6.07, 6.45) is 6.49. The third-order valence-corrected chi connectivity index (χ3v) is 8.88. The predicted octanol–water partition coefficient (Wildman–Crippen LogP) is 5.75. The first-order chi connectivity index (χ1) is 13.2. The summed E-state index contributed by atoms with van der Waals surface area (Å²) >= 11 is 0. The van der Waals surface area contributed by atoms with E-state index in [1.54, 1.807) is 0 Å². The van der Waals surface area contributed by atoms with Crippen LogP contribution in [0.1, 0.15) is 94.4 Å². The highest BCUT2D eigenvalue weighted by atomic mass is 15.3. The van der Waals surface area contributed by atoms with E-state index < -0.39 is 0 Å². The van der Waals surface area contributed by atoms with Crippen LogP contribution in [0, 0.1) is 16.7 Å². The minimum absolute atomic E-state index is 0.301. The third kappa shape index (κ3) is 6.20. The van der Waals surface area contributed by atoms with Crippen LogP contribution in [0.15, 0.2) is 0 Å². The fourth-order valence-corrected chi connectivity index (χ4v) is 6.29. The lowest BCUT2D eigenvalue weighted by molar-refractivity contribution is 0.00219. The van der Waals surface area contributed by atoms with Crippen molar-refractivity contribution in [2.75, 3.05) is 46.3 Å². The van der Waals surface area contributed by atoms with Crippen molar-refractivity contribution in [2.45, 2.75) is 105 Å². The van der Waals surface area contributed by atoms with Gasteiger partial charge >= 0.3 is 0 Å². The molecule has 172 valence electrons. The second kappa shape index (κ2) is 9.17. The number of nitrogens with zero attached hydrogens (tertiary/aromatic N) is 3. The number of hydrogen-bond donors (Lipinski definition) is 0. The molecule has 0 spiro atoms. The molecule has 2 saturated heterocycles. The number of likely N-dealkylation sites (N-methyl/N-ethyl adjacent to an activating group) is 1. The maximum absolute atomic E-state index is 2.82. The number of hydrogen-bond acceptors (Lipinski definition) is 3. The van der Waals surface area contributed by atoms with E-state index in [4.69, 9.17) is 0 Å². The summed E-state index contributed by atoms with van der Waals surface area (Å²) in [4.78, 5) is 8.09. The van der Waals surface area contributed by atoms with E-state index in [0.717, 1.165) is 5.92 Å². The highest BCUT2D eigenvalue weighted by molar-refractivity contribution is 4.99. The molecule has 3 nitrogen and oxygen atoms in total. The summed E-state index contributed by atoms with van der Waals surface area (Å²) in [6, 6.07) is 0. The van der Waals surface area contributed by atoms with Gasteiger partial charge in [-0.25, -0.2) is 0 Å². The summed E-state index contributed by atoms with van der Waals surface area (Å²) in [5.74, 6) is 0.810. The van der Waals surface area contributed by atoms with Crippen LogP contribution in [0.3, 0.4) is 0 Å². The van der Waals surface area contributed by atoms with E-state index in [2.05, 4.69) is 84.1 Å². The standard InChI is InChI=1S/C26H53N3/c1-11-23(3,4)20-25(7,8)29-14-13-22(19-29)24(5,6)21-26(9,12-2)28-17-15-27(10)16-18-28/h22H,11-21H2,1-10H3. The van der Waals surface area contributed by atoms with Crippen molar-refractivity contribution in [3.8, 4) is 0 Å². The minimum Gasteiger partial charge on any atom is -0.304 e. The van der Waals surface area contributed by atoms with Crippen molar-refractivity contribution in [3.63, 3.8) is 0 Å². The van der Waals surface area contributed by atoms with Crippen LogP contribution >= 0.6 is 0 Å². The zero-order valence-corrected chi connectivity index (χ0v) is 21.7. The van der Waals surface area contributed by atoms with Gasteiger partial charge in [-0.2, -0.15) is 0 Å². The van der Waals surface area contributed by atoms with Crippen molar-refractivity contribution >= 4 is 0 Å². The molecular weight excluding hydrogens is 354 g/mol. The normalized spacial score (nSPS) is 26.1. The molecule has 0 aromatic rings. The van der Waals surface area contributed by atoms with Crippen LogP contribution < -0.4 is 0 Å². The second-order valence-corrected chi connectivity index (χ2v) is 12.7. The minimum atomic E-state index is 0.301. The van der Waals surface area contributed by atoms with Gasteiger partial charge in [0.05, 0.1) is 0 Å². The number of piperazine rings is 1. The zero-order valence-electron chi connectivity index (χ0n) is 21.7. The zero-order chi connectivity index (χ0) is 22.1. The topological polar surface area (TPSA) is 9.72 Å². The van der Waals surface area contributed by atoms with E-state index >= 15 is 0 Å². The summed E-state index contributed by atoms with van der Waals surface area (Å²) in [5, 5.41) is 0. The smallest absolute Gasteiger partial charge is 0.0185 e. The summed E-state index contributed by atoms with van der Waals surface area (Å²) < 4.78 is 0. The Balaban J connectivity index is 2.03. The molecule has 0 bridgehead atoms. The van der Waals surface area contributed by atoms with Crippen LogP contribution in [-0.2, 0) is 0 Å². The average molecular weight is 408 g/mol. The molecule has 2 atom stereocenters. The Morgan fingerprint density at radius 1 is 0.724 bits per heavy atom. The van der Waals surface area contributed by atoms with Gasteiger partial charge in [0.25, 0.3) is 0 Å². The highest BCUT2D eigenvalue weighted by Crippen LogP contribution is 2.45. The first-order valence-corrected chi connectivity index (χ1v) is 12.4. The lowest BCUT2D eigenvalue weighted by Crippen LogP contribution is -2.56. The van der Waals surface area contributed by atoms with Gasteiger partial charge in [0.2, 0.25) is 0 Å². The Morgan fingerprint density at radius 3 is 1.83 bits per heavy atom. The van der Waals surface area contributed by atoms with Gasteiger partial charge in [0, 0.05) is 43.8 Å². The van der Waals surface area contributed by atoms with Crippen molar-refractivity contribution in [1.29, 1.82) is 0 Å². The molecule has 0 aliphatic carbocycles. The molecule has 3 heteroatoms. The van der Waals surface area contributed by atoms with E-state index in [1.165, 1.54) is 71.4 Å². The third-order valence-electron chi connectivity index (χ3n) is 8.88. The first kappa shape index (κ1) is 25.1. The molecule has 0 aromatic carbocycles. The first-order valence-electron chi connectivity index (χ1n) is 12.4. The molecule has 0 amide bonds. The van der Waals surface area contributed by atoms with Crippen LogP contribution in [-0.4, -0.2) is 72.1 Å². The van der Waals surface area contributed by atoms with Crippen molar-refractivity contribution in [2.24, 2.45) is 16.7 Å². The molecule has 0 aromatic heterocycles. The number of likely N-dealkylation sites (tertiary alicyclic amines) is 1. The fourth-order valence-electron chi connectivity index (χ4n) is 6.29. The molecule has 2 fully saturated rings. The molecule has 0 N–H and O–H groups in total. The quantitative estimate of drug-likeness (QED) is 0.482. The Bertz CT molecular complexity index is 516.